The molecule has 0 spiro atoms. The minimum absolute atomic E-state index is 0.150. The number of benzene rings is 1. The summed E-state index contributed by atoms with van der Waals surface area (Å²) in [6.07, 6.45) is 3.01. The zero-order valence-corrected chi connectivity index (χ0v) is 14.5. The maximum Gasteiger partial charge on any atom is 0.221 e. The van der Waals surface area contributed by atoms with E-state index in [4.69, 9.17) is 4.74 Å². The standard InChI is InChI=1S/C19H29N3O2/c23-19(20-15-18-7-4-14-24-18)8-9-21-10-12-22(13-11-21)16-17-5-2-1-3-6-17/h1-3,5-6,18H,4,7-16H2,(H,20,23). The van der Waals surface area contributed by atoms with Crippen molar-refractivity contribution in [1.29, 1.82) is 0 Å². The lowest BCUT2D eigenvalue weighted by atomic mass is 10.2. The van der Waals surface area contributed by atoms with Crippen LogP contribution in [-0.4, -0.2) is 67.7 Å². The quantitative estimate of drug-likeness (QED) is 0.822. The second kappa shape index (κ2) is 9.16. The average molecular weight is 331 g/mol. The maximum absolute atomic E-state index is 11.9. The molecule has 0 saturated carbocycles. The van der Waals surface area contributed by atoms with Crippen LogP contribution in [0.25, 0.3) is 0 Å². The van der Waals surface area contributed by atoms with Gasteiger partial charge < -0.3 is 15.0 Å². The van der Waals surface area contributed by atoms with Crippen LogP contribution >= 0.6 is 0 Å². The Kier molecular flexibility index (Phi) is 6.64. The largest absolute Gasteiger partial charge is 0.376 e. The van der Waals surface area contributed by atoms with Gasteiger partial charge in [0.05, 0.1) is 6.10 Å². The van der Waals surface area contributed by atoms with Crippen molar-refractivity contribution in [2.75, 3.05) is 45.9 Å². The van der Waals surface area contributed by atoms with Gasteiger partial charge in [-0.2, -0.15) is 0 Å². The Balaban J connectivity index is 1.28. The molecule has 132 valence electrons. The van der Waals surface area contributed by atoms with Gasteiger partial charge in [-0.25, -0.2) is 0 Å². The van der Waals surface area contributed by atoms with Gasteiger partial charge in [-0.05, 0) is 18.4 Å². The van der Waals surface area contributed by atoms with E-state index >= 15 is 0 Å². The smallest absolute Gasteiger partial charge is 0.221 e. The van der Waals surface area contributed by atoms with Gasteiger partial charge in [0.25, 0.3) is 0 Å². The average Bonchev–Trinajstić information content (AvgIpc) is 3.14. The van der Waals surface area contributed by atoms with E-state index in [0.717, 1.165) is 58.7 Å². The molecule has 0 bridgehead atoms. The monoisotopic (exact) mass is 331 g/mol. The van der Waals surface area contributed by atoms with Gasteiger partial charge in [-0.3, -0.25) is 9.69 Å². The van der Waals surface area contributed by atoms with Crippen LogP contribution in [0.15, 0.2) is 30.3 Å². The minimum atomic E-state index is 0.150. The summed E-state index contributed by atoms with van der Waals surface area (Å²) in [7, 11) is 0. The fourth-order valence-electron chi connectivity index (χ4n) is 3.39. The highest BCUT2D eigenvalue weighted by Crippen LogP contribution is 2.11. The minimum Gasteiger partial charge on any atom is -0.376 e. The molecule has 3 rings (SSSR count). The van der Waals surface area contributed by atoms with Gasteiger partial charge in [-0.15, -0.1) is 0 Å². The van der Waals surface area contributed by atoms with Gasteiger partial charge in [0.2, 0.25) is 5.91 Å². The number of nitrogens with one attached hydrogen (secondary N) is 1. The highest BCUT2D eigenvalue weighted by molar-refractivity contribution is 5.76. The second-order valence-corrected chi connectivity index (χ2v) is 6.79. The van der Waals surface area contributed by atoms with E-state index in [1.54, 1.807) is 0 Å². The van der Waals surface area contributed by atoms with Crippen LogP contribution in [0.5, 0.6) is 0 Å². The molecular formula is C19H29N3O2. The van der Waals surface area contributed by atoms with Crippen molar-refractivity contribution >= 4 is 5.91 Å². The molecule has 1 amide bonds. The van der Waals surface area contributed by atoms with Crippen LogP contribution in [0.2, 0.25) is 0 Å². The lowest BCUT2D eigenvalue weighted by Gasteiger charge is -2.34. The third-order valence-corrected chi connectivity index (χ3v) is 4.92. The van der Waals surface area contributed by atoms with Crippen molar-refractivity contribution in [3.05, 3.63) is 35.9 Å². The number of ether oxygens (including phenoxy) is 1. The molecule has 0 aromatic heterocycles. The Hall–Kier alpha value is -1.43. The number of carbonyl (C=O) groups is 1. The molecule has 2 fully saturated rings. The van der Waals surface area contributed by atoms with E-state index in [9.17, 15) is 4.79 Å². The van der Waals surface area contributed by atoms with Crippen molar-refractivity contribution in [2.45, 2.75) is 31.9 Å². The molecule has 1 unspecified atom stereocenters. The molecule has 2 saturated heterocycles. The number of amides is 1. The molecule has 2 aliphatic rings. The fourth-order valence-corrected chi connectivity index (χ4v) is 3.39. The molecule has 5 heteroatoms. The van der Waals surface area contributed by atoms with Gasteiger partial charge in [0.1, 0.15) is 0 Å². The first kappa shape index (κ1) is 17.4. The number of piperazine rings is 1. The van der Waals surface area contributed by atoms with Gasteiger partial charge in [0.15, 0.2) is 0 Å². The van der Waals surface area contributed by atoms with E-state index < -0.39 is 0 Å². The van der Waals surface area contributed by atoms with Gasteiger partial charge >= 0.3 is 0 Å². The van der Waals surface area contributed by atoms with Crippen LogP contribution in [0.1, 0.15) is 24.8 Å². The van der Waals surface area contributed by atoms with Gasteiger partial charge in [-0.1, -0.05) is 30.3 Å². The molecule has 24 heavy (non-hydrogen) atoms. The summed E-state index contributed by atoms with van der Waals surface area (Å²) >= 11 is 0. The molecule has 1 atom stereocenters. The highest BCUT2D eigenvalue weighted by Gasteiger charge is 2.19. The van der Waals surface area contributed by atoms with Crippen molar-refractivity contribution in [3.63, 3.8) is 0 Å². The Morgan fingerprint density at radius 3 is 2.58 bits per heavy atom. The third-order valence-electron chi connectivity index (χ3n) is 4.92. The molecule has 2 aliphatic heterocycles. The predicted molar refractivity (Wildman–Crippen MR) is 94.8 cm³/mol. The zero-order valence-electron chi connectivity index (χ0n) is 14.5. The number of rotatable bonds is 7. The summed E-state index contributed by atoms with van der Waals surface area (Å²) in [4.78, 5) is 16.8. The Morgan fingerprint density at radius 1 is 1.12 bits per heavy atom. The number of nitrogens with zero attached hydrogens (tertiary/aromatic N) is 2. The summed E-state index contributed by atoms with van der Waals surface area (Å²) in [5, 5.41) is 3.00. The molecular weight excluding hydrogens is 302 g/mol. The van der Waals surface area contributed by atoms with Crippen LogP contribution < -0.4 is 5.32 Å². The summed E-state index contributed by atoms with van der Waals surface area (Å²) in [6, 6.07) is 10.6. The first-order chi connectivity index (χ1) is 11.8. The van der Waals surface area contributed by atoms with E-state index in [0.29, 0.717) is 13.0 Å². The van der Waals surface area contributed by atoms with E-state index in [2.05, 4.69) is 45.4 Å². The first-order valence-electron chi connectivity index (χ1n) is 9.16. The lowest BCUT2D eigenvalue weighted by molar-refractivity contribution is -0.122. The summed E-state index contributed by atoms with van der Waals surface area (Å²) in [5.74, 6) is 0.150. The Morgan fingerprint density at radius 2 is 1.88 bits per heavy atom. The zero-order chi connectivity index (χ0) is 16.6. The first-order valence-corrected chi connectivity index (χ1v) is 9.16. The molecule has 0 aliphatic carbocycles. The molecule has 5 nitrogen and oxygen atoms in total. The third kappa shape index (κ3) is 5.58. The van der Waals surface area contributed by atoms with E-state index in [-0.39, 0.29) is 12.0 Å². The normalized spacial score (nSPS) is 22.6. The van der Waals surface area contributed by atoms with Crippen LogP contribution in [0.3, 0.4) is 0 Å². The molecule has 1 aromatic carbocycles. The van der Waals surface area contributed by atoms with Crippen molar-refractivity contribution < 1.29 is 9.53 Å². The predicted octanol–water partition coefficient (Wildman–Crippen LogP) is 1.49. The van der Waals surface area contributed by atoms with E-state index in [1.807, 2.05) is 0 Å². The topological polar surface area (TPSA) is 44.8 Å². The van der Waals surface area contributed by atoms with Gasteiger partial charge in [0, 0.05) is 58.8 Å². The molecule has 1 N–H and O–H groups in total. The highest BCUT2D eigenvalue weighted by atomic mass is 16.5. The number of carbonyl (C=O) groups excluding carboxylic acids is 1. The van der Waals surface area contributed by atoms with Crippen molar-refractivity contribution in [1.82, 2.24) is 15.1 Å². The van der Waals surface area contributed by atoms with Crippen molar-refractivity contribution in [3.8, 4) is 0 Å². The lowest BCUT2D eigenvalue weighted by Crippen LogP contribution is -2.46. The fraction of sp³-hybridized carbons (Fsp3) is 0.632. The van der Waals surface area contributed by atoms with Crippen LogP contribution in [-0.2, 0) is 16.1 Å². The van der Waals surface area contributed by atoms with Crippen LogP contribution in [0, 0.1) is 0 Å². The second-order valence-electron chi connectivity index (χ2n) is 6.79. The SMILES string of the molecule is O=C(CCN1CCN(Cc2ccccc2)CC1)NCC1CCCO1. The van der Waals surface area contributed by atoms with Crippen LogP contribution in [0.4, 0.5) is 0 Å². The summed E-state index contributed by atoms with van der Waals surface area (Å²) in [6.45, 7) is 7.64. The molecule has 2 heterocycles. The maximum atomic E-state index is 11.9. The summed E-state index contributed by atoms with van der Waals surface area (Å²) in [5.41, 5.74) is 1.37. The molecule has 0 radical (unpaired) electrons. The Labute approximate surface area is 145 Å². The molecule has 1 aromatic rings. The van der Waals surface area contributed by atoms with E-state index in [1.165, 1.54) is 5.56 Å². The summed E-state index contributed by atoms with van der Waals surface area (Å²) < 4.78 is 5.53. The number of hydrogen-bond donors (Lipinski definition) is 1. The Bertz CT molecular complexity index is 495. The van der Waals surface area contributed by atoms with Crippen molar-refractivity contribution in [2.24, 2.45) is 0 Å². The number of hydrogen-bond acceptors (Lipinski definition) is 4.